The van der Waals surface area contributed by atoms with Gasteiger partial charge in [0.15, 0.2) is 0 Å². The number of nitrogens with one attached hydrogen (secondary N) is 3. The molecule has 3 amide bonds. The van der Waals surface area contributed by atoms with Crippen LogP contribution in [0, 0.1) is 0 Å². The minimum Gasteiger partial charge on any atom is -0.507 e. The summed E-state index contributed by atoms with van der Waals surface area (Å²) in [4.78, 5) is 44.6. The number of aryl methyl sites for hydroxylation is 1. The normalized spacial score (nSPS) is 14.3. The summed E-state index contributed by atoms with van der Waals surface area (Å²) < 4.78 is 7.28. The van der Waals surface area contributed by atoms with Crippen molar-refractivity contribution in [2.45, 2.75) is 45.3 Å². The predicted molar refractivity (Wildman–Crippen MR) is 198 cm³/mol. The number of H-pyrrole nitrogens is 1. The van der Waals surface area contributed by atoms with Gasteiger partial charge in [-0.05, 0) is 74.5 Å². The number of aromatic hydroxyl groups is 1. The average molecular weight is 692 g/mol. The van der Waals surface area contributed by atoms with Gasteiger partial charge in [-0.3, -0.25) is 9.59 Å². The van der Waals surface area contributed by atoms with Crippen LogP contribution in [0.1, 0.15) is 59.7 Å². The maximum Gasteiger partial charge on any atom is 0.407 e. The van der Waals surface area contributed by atoms with Crippen molar-refractivity contribution in [3.8, 4) is 5.75 Å². The summed E-state index contributed by atoms with van der Waals surface area (Å²) in [6, 6.07) is 26.1. The lowest BCUT2D eigenvalue weighted by Gasteiger charge is -2.19. The number of para-hydroxylation sites is 1. The van der Waals surface area contributed by atoms with E-state index in [9.17, 15) is 19.5 Å². The molecular formula is C39H38ClN5O5. The van der Waals surface area contributed by atoms with Crippen LogP contribution in [0.5, 0.6) is 5.75 Å². The Bertz CT molecular complexity index is 2280. The number of alkyl carbamates (subject to hydrolysis) is 1. The number of ether oxygens (including phenoxy) is 1. The third kappa shape index (κ3) is 6.34. The van der Waals surface area contributed by atoms with Crippen LogP contribution >= 0.6 is 11.6 Å². The fourth-order valence-electron chi connectivity index (χ4n) is 6.79. The van der Waals surface area contributed by atoms with Crippen LogP contribution in [0.15, 0.2) is 84.9 Å². The van der Waals surface area contributed by atoms with Gasteiger partial charge in [0, 0.05) is 70.4 Å². The van der Waals surface area contributed by atoms with E-state index in [4.69, 9.17) is 16.3 Å². The summed E-state index contributed by atoms with van der Waals surface area (Å²) in [7, 11) is 0. The number of amides is 3. The standard InChI is InChI=1S/C39H38ClN5O5/c1-39(2,3)50-38(49)41-15-8-16-44-31-12-7-4-9-23(31)19-33(44)36(47)42-26-13-14-29-24(17-26)18-30(43-29)37(48)45-22-25(21-40)35-28-11-6-5-10-27(28)34(46)20-32(35)45/h4-7,9-14,17-20,25,43,46H,8,15-16,21-22H2,1-3H3,(H,41,49)(H,42,47). The van der Waals surface area contributed by atoms with Crippen LogP contribution in [0.3, 0.4) is 0 Å². The maximum atomic E-state index is 13.9. The largest absolute Gasteiger partial charge is 0.507 e. The van der Waals surface area contributed by atoms with Gasteiger partial charge in [0.2, 0.25) is 0 Å². The van der Waals surface area contributed by atoms with Gasteiger partial charge in [-0.25, -0.2) is 4.79 Å². The number of anilines is 2. The third-order valence-corrected chi connectivity index (χ3v) is 9.33. The Kier molecular flexibility index (Phi) is 8.65. The highest BCUT2D eigenvalue weighted by molar-refractivity contribution is 6.19. The second kappa shape index (κ2) is 13.1. The molecule has 2 aromatic heterocycles. The number of benzene rings is 4. The number of carbonyl (C=O) groups excluding carboxylic acids is 3. The zero-order chi connectivity index (χ0) is 35.2. The summed E-state index contributed by atoms with van der Waals surface area (Å²) in [5.74, 6) is -0.144. The summed E-state index contributed by atoms with van der Waals surface area (Å²) in [6.45, 7) is 6.74. The number of fused-ring (bicyclic) bond motifs is 5. The second-order valence-electron chi connectivity index (χ2n) is 13.6. The summed E-state index contributed by atoms with van der Waals surface area (Å²) >= 11 is 6.39. The number of carbonyl (C=O) groups is 3. The molecule has 256 valence electrons. The Morgan fingerprint density at radius 2 is 1.72 bits per heavy atom. The number of halogens is 1. The molecule has 0 bridgehead atoms. The number of hydrogen-bond acceptors (Lipinski definition) is 5. The van der Waals surface area contributed by atoms with Crippen molar-refractivity contribution in [2.75, 3.05) is 29.2 Å². The van der Waals surface area contributed by atoms with E-state index in [-0.39, 0.29) is 23.5 Å². The lowest BCUT2D eigenvalue weighted by Crippen LogP contribution is -2.33. The number of aromatic nitrogens is 2. The minimum absolute atomic E-state index is 0.0795. The van der Waals surface area contributed by atoms with Crippen molar-refractivity contribution < 1.29 is 24.2 Å². The van der Waals surface area contributed by atoms with E-state index in [1.54, 1.807) is 23.1 Å². The Labute approximate surface area is 294 Å². The van der Waals surface area contributed by atoms with Gasteiger partial charge in [-0.1, -0.05) is 42.5 Å². The molecule has 0 spiro atoms. The van der Waals surface area contributed by atoms with E-state index in [1.807, 2.05) is 92.1 Å². The minimum atomic E-state index is -0.582. The lowest BCUT2D eigenvalue weighted by atomic mass is 9.95. The number of rotatable bonds is 8. The fraction of sp³-hybridized carbons (Fsp3) is 0.256. The number of alkyl halides is 1. The van der Waals surface area contributed by atoms with E-state index < -0.39 is 11.7 Å². The van der Waals surface area contributed by atoms with Gasteiger partial charge in [-0.2, -0.15) is 0 Å². The van der Waals surface area contributed by atoms with E-state index in [1.165, 1.54) is 0 Å². The Hall–Kier alpha value is -5.48. The van der Waals surface area contributed by atoms with Gasteiger partial charge in [0.1, 0.15) is 22.7 Å². The van der Waals surface area contributed by atoms with Crippen molar-refractivity contribution in [3.63, 3.8) is 0 Å². The zero-order valence-electron chi connectivity index (χ0n) is 28.0. The van der Waals surface area contributed by atoms with Crippen LogP contribution in [-0.4, -0.2) is 57.1 Å². The average Bonchev–Trinajstić information content (AvgIpc) is 3.79. The number of phenols is 1. The Morgan fingerprint density at radius 3 is 2.50 bits per heavy atom. The molecule has 0 radical (unpaired) electrons. The van der Waals surface area contributed by atoms with Crippen molar-refractivity contribution in [3.05, 3.63) is 102 Å². The first-order chi connectivity index (χ1) is 24.0. The first-order valence-electron chi connectivity index (χ1n) is 16.6. The van der Waals surface area contributed by atoms with Crippen LogP contribution < -0.4 is 15.5 Å². The first kappa shape index (κ1) is 33.0. The topological polar surface area (TPSA) is 129 Å². The molecule has 1 aliphatic rings. The third-order valence-electron chi connectivity index (χ3n) is 8.95. The molecule has 11 heteroatoms. The molecular weight excluding hydrogens is 654 g/mol. The van der Waals surface area contributed by atoms with Crippen LogP contribution in [-0.2, 0) is 11.3 Å². The van der Waals surface area contributed by atoms with E-state index in [0.717, 1.165) is 38.1 Å². The molecule has 1 atom stereocenters. The molecule has 7 rings (SSSR count). The highest BCUT2D eigenvalue weighted by Gasteiger charge is 2.35. The molecule has 0 saturated carbocycles. The molecule has 4 aromatic carbocycles. The lowest BCUT2D eigenvalue weighted by molar-refractivity contribution is 0.0526. The monoisotopic (exact) mass is 691 g/mol. The molecule has 4 N–H and O–H groups in total. The van der Waals surface area contributed by atoms with Crippen LogP contribution in [0.2, 0.25) is 0 Å². The van der Waals surface area contributed by atoms with Gasteiger partial charge >= 0.3 is 6.09 Å². The maximum absolute atomic E-state index is 13.9. The predicted octanol–water partition coefficient (Wildman–Crippen LogP) is 8.13. The molecule has 6 aromatic rings. The van der Waals surface area contributed by atoms with Gasteiger partial charge in [0.25, 0.3) is 11.8 Å². The van der Waals surface area contributed by atoms with Crippen molar-refractivity contribution >= 4 is 73.5 Å². The van der Waals surface area contributed by atoms with Crippen molar-refractivity contribution in [1.82, 2.24) is 14.9 Å². The highest BCUT2D eigenvalue weighted by atomic mass is 35.5. The smallest absolute Gasteiger partial charge is 0.407 e. The molecule has 0 saturated heterocycles. The molecule has 3 heterocycles. The quantitative estimate of drug-likeness (QED) is 0.0947. The number of aromatic amines is 1. The van der Waals surface area contributed by atoms with Gasteiger partial charge < -0.3 is 34.9 Å². The highest BCUT2D eigenvalue weighted by Crippen LogP contribution is 2.45. The van der Waals surface area contributed by atoms with Gasteiger partial charge in [-0.15, -0.1) is 11.6 Å². The molecule has 50 heavy (non-hydrogen) atoms. The van der Waals surface area contributed by atoms with Crippen LogP contribution in [0.4, 0.5) is 16.2 Å². The number of hydrogen-bond donors (Lipinski definition) is 4. The van der Waals surface area contributed by atoms with E-state index in [0.29, 0.717) is 54.7 Å². The fourth-order valence-corrected chi connectivity index (χ4v) is 7.04. The molecule has 0 fully saturated rings. The molecule has 10 nitrogen and oxygen atoms in total. The number of nitrogens with zero attached hydrogens (tertiary/aromatic N) is 2. The summed E-state index contributed by atoms with van der Waals surface area (Å²) in [6.07, 6.45) is 0.114. The summed E-state index contributed by atoms with van der Waals surface area (Å²) in [5, 5.41) is 19.9. The Morgan fingerprint density at radius 1 is 0.960 bits per heavy atom. The molecule has 1 unspecified atom stereocenters. The van der Waals surface area contributed by atoms with Crippen LogP contribution in [0.25, 0.3) is 32.6 Å². The molecule has 1 aliphatic heterocycles. The molecule has 0 aliphatic carbocycles. The Balaban J connectivity index is 1.10. The van der Waals surface area contributed by atoms with Crippen molar-refractivity contribution in [2.24, 2.45) is 0 Å². The SMILES string of the molecule is CC(C)(C)OC(=O)NCCCn1c(C(=O)Nc2ccc3[nH]c(C(=O)N4CC(CCl)c5c4cc(O)c4ccccc54)cc3c2)cc2ccccc21. The van der Waals surface area contributed by atoms with Crippen molar-refractivity contribution in [1.29, 1.82) is 0 Å². The second-order valence-corrected chi connectivity index (χ2v) is 13.9. The van der Waals surface area contributed by atoms with E-state index >= 15 is 0 Å². The van der Waals surface area contributed by atoms with E-state index in [2.05, 4.69) is 15.6 Å². The first-order valence-corrected chi connectivity index (χ1v) is 17.2. The summed E-state index contributed by atoms with van der Waals surface area (Å²) in [5.41, 5.74) is 4.14. The number of phenolic OH excluding ortho intramolecular Hbond substituents is 1. The van der Waals surface area contributed by atoms with Gasteiger partial charge in [0.05, 0.1) is 5.69 Å². The zero-order valence-corrected chi connectivity index (χ0v) is 28.8.